The Labute approximate surface area is 106 Å². The zero-order valence-corrected chi connectivity index (χ0v) is 10.8. The maximum atomic E-state index is 11.6. The van der Waals surface area contributed by atoms with Crippen molar-refractivity contribution in [2.45, 2.75) is 26.4 Å². The third-order valence-electron chi connectivity index (χ3n) is 2.20. The number of ether oxygens (including phenoxy) is 2. The van der Waals surface area contributed by atoms with E-state index in [0.29, 0.717) is 5.69 Å². The molecule has 0 saturated carbocycles. The summed E-state index contributed by atoms with van der Waals surface area (Å²) in [5.74, 6) is -0.906. The minimum atomic E-state index is -1.09. The lowest BCUT2D eigenvalue weighted by molar-refractivity contribution is -0.167. The second kappa shape index (κ2) is 6.74. The van der Waals surface area contributed by atoms with Crippen LogP contribution < -0.4 is 0 Å². The molecule has 1 rings (SSSR count). The quantitative estimate of drug-likeness (QED) is 0.747. The summed E-state index contributed by atoms with van der Waals surface area (Å²) in [6.45, 7) is 3.80. The SMILES string of the molecule is COC(=O)C(OC(=O)CC(C)C)c1ccccn1. The summed E-state index contributed by atoms with van der Waals surface area (Å²) in [4.78, 5) is 27.2. The Kier molecular flexibility index (Phi) is 5.30. The molecule has 0 saturated heterocycles. The van der Waals surface area contributed by atoms with E-state index in [9.17, 15) is 9.59 Å². The van der Waals surface area contributed by atoms with Crippen molar-refractivity contribution in [3.63, 3.8) is 0 Å². The minimum absolute atomic E-state index is 0.166. The summed E-state index contributed by atoms with van der Waals surface area (Å²) in [7, 11) is 1.24. The molecule has 0 N–H and O–H groups in total. The van der Waals surface area contributed by atoms with Crippen molar-refractivity contribution in [1.29, 1.82) is 0 Å². The van der Waals surface area contributed by atoms with Gasteiger partial charge in [-0.15, -0.1) is 0 Å². The van der Waals surface area contributed by atoms with Gasteiger partial charge >= 0.3 is 11.9 Å². The van der Waals surface area contributed by atoms with Crippen molar-refractivity contribution in [2.24, 2.45) is 5.92 Å². The minimum Gasteiger partial charge on any atom is -0.466 e. The molecule has 1 aromatic heterocycles. The molecule has 0 aliphatic carbocycles. The van der Waals surface area contributed by atoms with Crippen molar-refractivity contribution in [3.8, 4) is 0 Å². The van der Waals surface area contributed by atoms with Crippen LogP contribution in [0.4, 0.5) is 0 Å². The summed E-state index contributed by atoms with van der Waals surface area (Å²) >= 11 is 0. The average molecular weight is 251 g/mol. The van der Waals surface area contributed by atoms with E-state index in [2.05, 4.69) is 9.72 Å². The van der Waals surface area contributed by atoms with Gasteiger partial charge in [-0.05, 0) is 18.1 Å². The van der Waals surface area contributed by atoms with Crippen LogP contribution >= 0.6 is 0 Å². The Bertz CT molecular complexity index is 403. The van der Waals surface area contributed by atoms with Gasteiger partial charge in [0.05, 0.1) is 12.8 Å². The standard InChI is InChI=1S/C13H17NO4/c1-9(2)8-11(15)18-12(13(16)17-3)10-6-4-5-7-14-10/h4-7,9,12H,8H2,1-3H3. The number of aromatic nitrogens is 1. The molecule has 0 radical (unpaired) electrons. The van der Waals surface area contributed by atoms with Crippen LogP contribution in [0, 0.1) is 5.92 Å². The summed E-state index contributed by atoms with van der Waals surface area (Å²) in [5.41, 5.74) is 0.362. The molecule has 5 heteroatoms. The Balaban J connectivity index is 2.80. The smallest absolute Gasteiger partial charge is 0.353 e. The van der Waals surface area contributed by atoms with Crippen molar-refractivity contribution in [1.82, 2.24) is 4.98 Å². The number of esters is 2. The van der Waals surface area contributed by atoms with E-state index in [0.717, 1.165) is 0 Å². The fourth-order valence-electron chi connectivity index (χ4n) is 1.38. The van der Waals surface area contributed by atoms with E-state index in [-0.39, 0.29) is 12.3 Å². The van der Waals surface area contributed by atoms with Gasteiger partial charge in [-0.2, -0.15) is 0 Å². The van der Waals surface area contributed by atoms with Gasteiger partial charge in [0, 0.05) is 12.6 Å². The number of nitrogens with zero attached hydrogens (tertiary/aromatic N) is 1. The third-order valence-corrected chi connectivity index (χ3v) is 2.20. The lowest BCUT2D eigenvalue weighted by Crippen LogP contribution is -2.22. The monoisotopic (exact) mass is 251 g/mol. The van der Waals surface area contributed by atoms with Gasteiger partial charge in [0.2, 0.25) is 6.10 Å². The van der Waals surface area contributed by atoms with Crippen LogP contribution in [0.5, 0.6) is 0 Å². The third kappa shape index (κ3) is 4.16. The fourth-order valence-corrected chi connectivity index (χ4v) is 1.38. The summed E-state index contributed by atoms with van der Waals surface area (Å²) in [6, 6.07) is 5.05. The van der Waals surface area contributed by atoms with Crippen LogP contribution in [0.1, 0.15) is 32.1 Å². The number of carbonyl (C=O) groups is 2. The molecule has 0 bridgehead atoms. The van der Waals surface area contributed by atoms with E-state index in [1.165, 1.54) is 13.3 Å². The van der Waals surface area contributed by atoms with Gasteiger partial charge in [-0.25, -0.2) is 4.79 Å². The Morgan fingerprint density at radius 2 is 2.06 bits per heavy atom. The summed E-state index contributed by atoms with van der Waals surface area (Å²) in [6.07, 6.45) is 0.685. The van der Waals surface area contributed by atoms with Crippen LogP contribution in [-0.2, 0) is 19.1 Å². The van der Waals surface area contributed by atoms with E-state index >= 15 is 0 Å². The summed E-state index contributed by atoms with van der Waals surface area (Å²) < 4.78 is 9.74. The molecule has 98 valence electrons. The van der Waals surface area contributed by atoms with Crippen molar-refractivity contribution >= 4 is 11.9 Å². The highest BCUT2D eigenvalue weighted by Gasteiger charge is 2.27. The molecule has 5 nitrogen and oxygen atoms in total. The van der Waals surface area contributed by atoms with Crippen LogP contribution in [0.15, 0.2) is 24.4 Å². The molecule has 1 unspecified atom stereocenters. The van der Waals surface area contributed by atoms with Crippen LogP contribution in [0.2, 0.25) is 0 Å². The van der Waals surface area contributed by atoms with Crippen LogP contribution in [-0.4, -0.2) is 24.0 Å². The van der Waals surface area contributed by atoms with Gasteiger partial charge in [-0.1, -0.05) is 19.9 Å². The Morgan fingerprint density at radius 3 is 2.56 bits per heavy atom. The van der Waals surface area contributed by atoms with Crippen molar-refractivity contribution in [2.75, 3.05) is 7.11 Å². The molecule has 1 heterocycles. The number of rotatable bonds is 5. The topological polar surface area (TPSA) is 65.5 Å². The van der Waals surface area contributed by atoms with Crippen molar-refractivity contribution < 1.29 is 19.1 Å². The van der Waals surface area contributed by atoms with Gasteiger partial charge < -0.3 is 9.47 Å². The fraction of sp³-hybridized carbons (Fsp3) is 0.462. The first-order valence-corrected chi connectivity index (χ1v) is 5.72. The zero-order chi connectivity index (χ0) is 13.5. The molecule has 0 aliphatic heterocycles. The number of hydrogen-bond acceptors (Lipinski definition) is 5. The lowest BCUT2D eigenvalue weighted by Gasteiger charge is -2.15. The predicted octanol–water partition coefficient (Wildman–Crippen LogP) is 1.88. The average Bonchev–Trinajstić information content (AvgIpc) is 2.35. The molecule has 0 amide bonds. The maximum absolute atomic E-state index is 11.6. The first kappa shape index (κ1) is 14.2. The highest BCUT2D eigenvalue weighted by atomic mass is 16.6. The number of hydrogen-bond donors (Lipinski definition) is 0. The normalized spacial score (nSPS) is 12.0. The van der Waals surface area contributed by atoms with E-state index in [1.54, 1.807) is 18.2 Å². The second-order valence-corrected chi connectivity index (χ2v) is 4.25. The summed E-state index contributed by atoms with van der Waals surface area (Å²) in [5, 5.41) is 0. The molecule has 0 aliphatic rings. The Morgan fingerprint density at radius 1 is 1.33 bits per heavy atom. The molecule has 1 atom stereocenters. The molecule has 0 aromatic carbocycles. The molecular weight excluding hydrogens is 234 g/mol. The van der Waals surface area contributed by atoms with Gasteiger partial charge in [0.15, 0.2) is 0 Å². The van der Waals surface area contributed by atoms with E-state index in [4.69, 9.17) is 4.74 Å². The first-order valence-electron chi connectivity index (χ1n) is 5.72. The highest BCUT2D eigenvalue weighted by molar-refractivity contribution is 5.80. The molecule has 0 spiro atoms. The largest absolute Gasteiger partial charge is 0.466 e. The highest BCUT2D eigenvalue weighted by Crippen LogP contribution is 2.18. The van der Waals surface area contributed by atoms with Gasteiger partial charge in [0.25, 0.3) is 0 Å². The first-order chi connectivity index (χ1) is 8.54. The van der Waals surface area contributed by atoms with Gasteiger partial charge in [0.1, 0.15) is 0 Å². The Hall–Kier alpha value is -1.91. The molecular formula is C13H17NO4. The molecule has 18 heavy (non-hydrogen) atoms. The predicted molar refractivity (Wildman–Crippen MR) is 64.5 cm³/mol. The van der Waals surface area contributed by atoms with Crippen LogP contribution in [0.3, 0.4) is 0 Å². The number of carbonyl (C=O) groups excluding carboxylic acids is 2. The lowest BCUT2D eigenvalue weighted by atomic mass is 10.1. The zero-order valence-electron chi connectivity index (χ0n) is 10.8. The molecule has 0 fully saturated rings. The van der Waals surface area contributed by atoms with Gasteiger partial charge in [-0.3, -0.25) is 9.78 Å². The van der Waals surface area contributed by atoms with E-state index in [1.807, 2.05) is 13.8 Å². The van der Waals surface area contributed by atoms with Crippen molar-refractivity contribution in [3.05, 3.63) is 30.1 Å². The number of methoxy groups -OCH3 is 1. The van der Waals surface area contributed by atoms with E-state index < -0.39 is 18.0 Å². The van der Waals surface area contributed by atoms with Crippen LogP contribution in [0.25, 0.3) is 0 Å². The number of pyridine rings is 1. The second-order valence-electron chi connectivity index (χ2n) is 4.25. The maximum Gasteiger partial charge on any atom is 0.353 e. The molecule has 1 aromatic rings.